The quantitative estimate of drug-likeness (QED) is 0.698. The van der Waals surface area contributed by atoms with Crippen LogP contribution in [0, 0.1) is 0 Å². The summed E-state index contributed by atoms with van der Waals surface area (Å²) in [6, 6.07) is 5.79. The van der Waals surface area contributed by atoms with Crippen molar-refractivity contribution in [2.24, 2.45) is 0 Å². The van der Waals surface area contributed by atoms with Gasteiger partial charge in [0.2, 0.25) is 21.8 Å². The maximum Gasteiger partial charge on any atom is 0.243 e. The van der Waals surface area contributed by atoms with Gasteiger partial charge in [-0.15, -0.1) is 0 Å². The smallest absolute Gasteiger partial charge is 0.243 e. The van der Waals surface area contributed by atoms with Crippen LogP contribution >= 0.6 is 0 Å². The Hall–Kier alpha value is -2.72. The molecular weight excluding hydrogens is 394 g/mol. The number of nitrogens with one attached hydrogen (secondary N) is 2. The first-order valence-electron chi connectivity index (χ1n) is 9.41. The van der Waals surface area contributed by atoms with Crippen LogP contribution in [0.25, 0.3) is 0 Å². The Bertz CT molecular complexity index is 975. The molecule has 0 unspecified atom stereocenters. The Morgan fingerprint density at radius 3 is 2.59 bits per heavy atom. The fraction of sp³-hybridized carbons (Fsp3) is 0.421. The lowest BCUT2D eigenvalue weighted by Crippen LogP contribution is -2.38. The monoisotopic (exact) mass is 419 g/mol. The molecule has 0 saturated carbocycles. The summed E-state index contributed by atoms with van der Waals surface area (Å²) in [6.45, 7) is 2.27. The third kappa shape index (κ3) is 5.21. The van der Waals surface area contributed by atoms with Gasteiger partial charge in [-0.05, 0) is 37.1 Å². The summed E-state index contributed by atoms with van der Waals surface area (Å²) in [6.07, 6.45) is 5.13. The van der Waals surface area contributed by atoms with E-state index in [1.54, 1.807) is 0 Å². The third-order valence-corrected chi connectivity index (χ3v) is 6.49. The van der Waals surface area contributed by atoms with Crippen molar-refractivity contribution in [3.05, 3.63) is 42.0 Å². The van der Waals surface area contributed by atoms with Gasteiger partial charge in [0.05, 0.1) is 23.7 Å². The molecule has 1 aromatic carbocycles. The maximum absolute atomic E-state index is 12.7. The first-order chi connectivity index (χ1) is 13.8. The zero-order valence-corrected chi connectivity index (χ0v) is 17.3. The number of aryl methyl sites for hydroxylation is 2. The van der Waals surface area contributed by atoms with Gasteiger partial charge in [-0.25, -0.2) is 13.4 Å². The molecule has 0 spiro atoms. The van der Waals surface area contributed by atoms with Crippen molar-refractivity contribution in [2.45, 2.75) is 44.2 Å². The highest BCUT2D eigenvalue weighted by atomic mass is 32.2. The maximum atomic E-state index is 12.7. The molecule has 2 N–H and O–H groups in total. The number of fused-ring (bicyclic) bond motifs is 1. The molecule has 0 bridgehead atoms. The van der Waals surface area contributed by atoms with Crippen LogP contribution in [-0.2, 0) is 39.1 Å². The minimum atomic E-state index is -3.82. The minimum Gasteiger partial charge on any atom is -0.349 e. The van der Waals surface area contributed by atoms with Crippen LogP contribution in [0.1, 0.15) is 31.3 Å². The largest absolute Gasteiger partial charge is 0.349 e. The molecular formula is C19H25N5O4S. The molecule has 0 atom stereocenters. The SMILES string of the molecule is CC(=O)Nc1ccc(S(=O)(=O)N(C)CC(=O)NCc2cn3c(n2)CCCC3)cc1. The van der Waals surface area contributed by atoms with Crippen molar-refractivity contribution in [1.82, 2.24) is 19.2 Å². The Balaban J connectivity index is 1.56. The molecule has 0 saturated heterocycles. The average Bonchev–Trinajstić information content (AvgIpc) is 3.09. The molecule has 1 aromatic heterocycles. The summed E-state index contributed by atoms with van der Waals surface area (Å²) in [5.74, 6) is 0.382. The molecule has 29 heavy (non-hydrogen) atoms. The first kappa shape index (κ1) is 21.0. The second-order valence-electron chi connectivity index (χ2n) is 7.04. The first-order valence-corrected chi connectivity index (χ1v) is 10.9. The van der Waals surface area contributed by atoms with Crippen molar-refractivity contribution in [3.8, 4) is 0 Å². The fourth-order valence-corrected chi connectivity index (χ4v) is 4.31. The fourth-order valence-electron chi connectivity index (χ4n) is 3.18. The Morgan fingerprint density at radius 2 is 1.93 bits per heavy atom. The lowest BCUT2D eigenvalue weighted by atomic mass is 10.2. The molecule has 1 aliphatic rings. The normalized spacial score (nSPS) is 13.8. The van der Waals surface area contributed by atoms with Gasteiger partial charge in [0.15, 0.2) is 0 Å². The van der Waals surface area contributed by atoms with Crippen LogP contribution in [0.2, 0.25) is 0 Å². The van der Waals surface area contributed by atoms with Crippen molar-refractivity contribution in [2.75, 3.05) is 18.9 Å². The van der Waals surface area contributed by atoms with E-state index in [1.165, 1.54) is 38.2 Å². The summed E-state index contributed by atoms with van der Waals surface area (Å²) in [7, 11) is -2.47. The van der Waals surface area contributed by atoms with Gasteiger partial charge in [-0.2, -0.15) is 4.31 Å². The number of rotatable bonds is 7. The zero-order valence-electron chi connectivity index (χ0n) is 16.5. The zero-order chi connectivity index (χ0) is 21.0. The molecule has 0 fully saturated rings. The summed E-state index contributed by atoms with van der Waals surface area (Å²) >= 11 is 0. The predicted octanol–water partition coefficient (Wildman–Crippen LogP) is 1.11. The van der Waals surface area contributed by atoms with Gasteiger partial charge < -0.3 is 15.2 Å². The number of aromatic nitrogens is 2. The van der Waals surface area contributed by atoms with Gasteiger partial charge in [0.1, 0.15) is 5.82 Å². The van der Waals surface area contributed by atoms with E-state index in [-0.39, 0.29) is 23.9 Å². The molecule has 10 heteroatoms. The number of carbonyl (C=O) groups is 2. The summed E-state index contributed by atoms with van der Waals surface area (Å²) in [5, 5.41) is 5.30. The van der Waals surface area contributed by atoms with Crippen LogP contribution in [-0.4, -0.2) is 47.7 Å². The Morgan fingerprint density at radius 1 is 1.21 bits per heavy atom. The number of imidazole rings is 1. The van der Waals surface area contributed by atoms with Crippen LogP contribution in [0.3, 0.4) is 0 Å². The van der Waals surface area contributed by atoms with E-state index < -0.39 is 15.9 Å². The van der Waals surface area contributed by atoms with Crippen LogP contribution in [0.5, 0.6) is 0 Å². The number of carbonyl (C=O) groups excluding carboxylic acids is 2. The second-order valence-corrected chi connectivity index (χ2v) is 9.09. The molecule has 2 heterocycles. The lowest BCUT2D eigenvalue weighted by molar-refractivity contribution is -0.121. The van der Waals surface area contributed by atoms with Crippen LogP contribution in [0.4, 0.5) is 5.69 Å². The van der Waals surface area contributed by atoms with Gasteiger partial charge >= 0.3 is 0 Å². The molecule has 156 valence electrons. The second kappa shape index (κ2) is 8.75. The number of amides is 2. The summed E-state index contributed by atoms with van der Waals surface area (Å²) in [5.41, 5.74) is 1.27. The van der Waals surface area contributed by atoms with Crippen molar-refractivity contribution in [3.63, 3.8) is 0 Å². The molecule has 1 aliphatic heterocycles. The average molecular weight is 420 g/mol. The Kier molecular flexibility index (Phi) is 6.33. The van der Waals surface area contributed by atoms with Gasteiger partial charge in [0, 0.05) is 38.8 Å². The molecule has 2 aromatic rings. The summed E-state index contributed by atoms with van der Waals surface area (Å²) in [4.78, 5) is 27.8. The van der Waals surface area contributed by atoms with Crippen LogP contribution in [0.15, 0.2) is 35.4 Å². The van der Waals surface area contributed by atoms with E-state index in [0.29, 0.717) is 5.69 Å². The Labute approximate surface area is 170 Å². The predicted molar refractivity (Wildman–Crippen MR) is 108 cm³/mol. The van der Waals surface area contributed by atoms with Crippen molar-refractivity contribution in [1.29, 1.82) is 0 Å². The number of anilines is 1. The molecule has 2 amide bonds. The van der Waals surface area contributed by atoms with Gasteiger partial charge in [-0.1, -0.05) is 0 Å². The number of sulfonamides is 1. The van der Waals surface area contributed by atoms with E-state index in [1.807, 2.05) is 6.20 Å². The number of benzene rings is 1. The number of nitrogens with zero attached hydrogens (tertiary/aromatic N) is 3. The topological polar surface area (TPSA) is 113 Å². The van der Waals surface area contributed by atoms with E-state index in [9.17, 15) is 18.0 Å². The van der Waals surface area contributed by atoms with E-state index in [2.05, 4.69) is 20.2 Å². The number of hydrogen-bond donors (Lipinski definition) is 2. The highest BCUT2D eigenvalue weighted by Gasteiger charge is 2.23. The number of likely N-dealkylation sites (N-methyl/N-ethyl adjacent to an activating group) is 1. The van der Waals surface area contributed by atoms with Crippen LogP contribution < -0.4 is 10.6 Å². The summed E-state index contributed by atoms with van der Waals surface area (Å²) < 4.78 is 28.4. The molecule has 3 rings (SSSR count). The van der Waals surface area contributed by atoms with Crippen molar-refractivity contribution >= 4 is 27.5 Å². The van der Waals surface area contributed by atoms with Gasteiger partial charge in [0.25, 0.3) is 0 Å². The van der Waals surface area contributed by atoms with E-state index >= 15 is 0 Å². The highest BCUT2D eigenvalue weighted by Crippen LogP contribution is 2.18. The van der Waals surface area contributed by atoms with E-state index in [4.69, 9.17) is 0 Å². The lowest BCUT2D eigenvalue weighted by Gasteiger charge is -2.17. The molecule has 0 radical (unpaired) electrons. The van der Waals surface area contributed by atoms with E-state index in [0.717, 1.165) is 41.6 Å². The van der Waals surface area contributed by atoms with Gasteiger partial charge in [-0.3, -0.25) is 9.59 Å². The van der Waals surface area contributed by atoms with Crippen molar-refractivity contribution < 1.29 is 18.0 Å². The highest BCUT2D eigenvalue weighted by molar-refractivity contribution is 7.89. The molecule has 0 aliphatic carbocycles. The number of hydrogen-bond acceptors (Lipinski definition) is 5. The molecule has 9 nitrogen and oxygen atoms in total. The minimum absolute atomic E-state index is 0.0451. The standard InChI is InChI=1S/C19H25N5O4S/c1-14(25)21-15-6-8-17(9-7-15)29(27,28)23(2)13-19(26)20-11-16-12-24-10-4-3-5-18(24)22-16/h6-9,12H,3-5,10-11,13H2,1-2H3,(H,20,26)(H,21,25). The third-order valence-electron chi connectivity index (χ3n) is 4.67.